The lowest BCUT2D eigenvalue weighted by Crippen LogP contribution is -2.10. The zero-order valence-corrected chi connectivity index (χ0v) is 13.2. The third kappa shape index (κ3) is 3.10. The minimum absolute atomic E-state index is 0.858. The molecule has 0 unspecified atom stereocenters. The van der Waals surface area contributed by atoms with Crippen LogP contribution in [0.5, 0.6) is 0 Å². The van der Waals surface area contributed by atoms with E-state index in [-0.39, 0.29) is 0 Å². The minimum atomic E-state index is 0.858. The summed E-state index contributed by atoms with van der Waals surface area (Å²) >= 11 is 0. The lowest BCUT2D eigenvalue weighted by molar-refractivity contribution is 0.434. The molecule has 0 saturated heterocycles. The van der Waals surface area contributed by atoms with E-state index in [9.17, 15) is 0 Å². The summed E-state index contributed by atoms with van der Waals surface area (Å²) in [4.78, 5) is 0. The predicted octanol–water partition coefficient (Wildman–Crippen LogP) is 6.34. The summed E-state index contributed by atoms with van der Waals surface area (Å²) < 4.78 is 0. The van der Waals surface area contributed by atoms with Crippen molar-refractivity contribution in [2.75, 3.05) is 0 Å². The van der Waals surface area contributed by atoms with Crippen molar-refractivity contribution in [2.24, 2.45) is 0 Å². The van der Waals surface area contributed by atoms with Crippen molar-refractivity contribution in [3.63, 3.8) is 0 Å². The van der Waals surface area contributed by atoms with Gasteiger partial charge in [-0.25, -0.2) is 0 Å². The molecule has 0 radical (unpaired) electrons. The SMILES string of the molecule is CCc1ccc(C2CCCCC2)cc1C1CCCCC1. The van der Waals surface area contributed by atoms with E-state index in [1.807, 2.05) is 0 Å². The first-order valence-corrected chi connectivity index (χ1v) is 9.01. The van der Waals surface area contributed by atoms with E-state index in [1.54, 1.807) is 16.7 Å². The maximum atomic E-state index is 2.62. The van der Waals surface area contributed by atoms with Gasteiger partial charge in [-0.3, -0.25) is 0 Å². The fraction of sp³-hybridized carbons (Fsp3) is 0.700. The maximum Gasteiger partial charge on any atom is -0.0159 e. The molecule has 20 heavy (non-hydrogen) atoms. The van der Waals surface area contributed by atoms with Crippen LogP contribution in [0, 0.1) is 0 Å². The molecule has 1 aromatic rings. The van der Waals surface area contributed by atoms with Gasteiger partial charge < -0.3 is 0 Å². The van der Waals surface area contributed by atoms with E-state index in [0.717, 1.165) is 11.8 Å². The lowest BCUT2D eigenvalue weighted by Gasteiger charge is -2.27. The van der Waals surface area contributed by atoms with Crippen LogP contribution in [0.1, 0.15) is 99.7 Å². The number of benzene rings is 1. The Morgan fingerprint density at radius 3 is 2.00 bits per heavy atom. The standard InChI is InChI=1S/C20H30/c1-2-16-13-14-19(17-9-5-3-6-10-17)15-20(16)18-11-7-4-8-12-18/h13-15,17-18H,2-12H2,1H3. The molecule has 2 aliphatic rings. The highest BCUT2D eigenvalue weighted by molar-refractivity contribution is 5.36. The predicted molar refractivity (Wildman–Crippen MR) is 87.5 cm³/mol. The second-order valence-corrected chi connectivity index (χ2v) is 6.98. The number of hydrogen-bond acceptors (Lipinski definition) is 0. The molecule has 110 valence electrons. The summed E-state index contributed by atoms with van der Waals surface area (Å²) in [6.45, 7) is 2.32. The summed E-state index contributed by atoms with van der Waals surface area (Å²) in [5, 5.41) is 0. The van der Waals surface area contributed by atoms with E-state index >= 15 is 0 Å². The van der Waals surface area contributed by atoms with Crippen LogP contribution in [0.15, 0.2) is 18.2 Å². The highest BCUT2D eigenvalue weighted by Gasteiger charge is 2.21. The summed E-state index contributed by atoms with van der Waals surface area (Å²) in [6, 6.07) is 7.51. The molecule has 1 aromatic carbocycles. The normalized spacial score (nSPS) is 22.1. The first kappa shape index (κ1) is 14.2. The van der Waals surface area contributed by atoms with Gasteiger partial charge in [0.05, 0.1) is 0 Å². The largest absolute Gasteiger partial charge is 0.0613 e. The summed E-state index contributed by atoms with van der Waals surface area (Å²) in [5.74, 6) is 1.72. The van der Waals surface area contributed by atoms with Crippen molar-refractivity contribution in [3.05, 3.63) is 34.9 Å². The van der Waals surface area contributed by atoms with Crippen LogP contribution in [-0.4, -0.2) is 0 Å². The van der Waals surface area contributed by atoms with Crippen molar-refractivity contribution < 1.29 is 0 Å². The number of rotatable bonds is 3. The quantitative estimate of drug-likeness (QED) is 0.600. The highest BCUT2D eigenvalue weighted by Crippen LogP contribution is 2.38. The first-order valence-electron chi connectivity index (χ1n) is 9.01. The molecule has 0 heterocycles. The first-order chi connectivity index (χ1) is 9.88. The average molecular weight is 270 g/mol. The third-order valence-corrected chi connectivity index (χ3v) is 5.67. The Morgan fingerprint density at radius 2 is 1.40 bits per heavy atom. The second kappa shape index (κ2) is 6.78. The smallest absolute Gasteiger partial charge is 0.0159 e. The van der Waals surface area contributed by atoms with Crippen LogP contribution in [0.4, 0.5) is 0 Å². The van der Waals surface area contributed by atoms with E-state index in [0.29, 0.717) is 0 Å². The van der Waals surface area contributed by atoms with Crippen molar-refractivity contribution in [3.8, 4) is 0 Å². The van der Waals surface area contributed by atoms with Gasteiger partial charge in [-0.2, -0.15) is 0 Å². The maximum absolute atomic E-state index is 2.62. The van der Waals surface area contributed by atoms with Crippen molar-refractivity contribution in [1.82, 2.24) is 0 Å². The van der Waals surface area contributed by atoms with E-state index in [4.69, 9.17) is 0 Å². The van der Waals surface area contributed by atoms with E-state index in [1.165, 1.54) is 70.6 Å². The number of aryl methyl sites for hydroxylation is 1. The van der Waals surface area contributed by atoms with Crippen LogP contribution >= 0.6 is 0 Å². The van der Waals surface area contributed by atoms with Gasteiger partial charge in [0, 0.05) is 0 Å². The van der Waals surface area contributed by atoms with E-state index in [2.05, 4.69) is 25.1 Å². The van der Waals surface area contributed by atoms with Gasteiger partial charge in [0.1, 0.15) is 0 Å². The monoisotopic (exact) mass is 270 g/mol. The molecule has 2 aliphatic carbocycles. The Labute approximate surface area is 125 Å². The Bertz CT molecular complexity index is 420. The zero-order valence-electron chi connectivity index (χ0n) is 13.2. The molecular weight excluding hydrogens is 240 g/mol. The Balaban J connectivity index is 1.85. The molecule has 0 bridgehead atoms. The van der Waals surface area contributed by atoms with Gasteiger partial charge in [0.25, 0.3) is 0 Å². The molecule has 0 aromatic heterocycles. The molecule has 0 spiro atoms. The van der Waals surface area contributed by atoms with Crippen LogP contribution in [0.2, 0.25) is 0 Å². The topological polar surface area (TPSA) is 0 Å². The van der Waals surface area contributed by atoms with Gasteiger partial charge in [-0.05, 0) is 60.6 Å². The summed E-state index contributed by atoms with van der Waals surface area (Å²) in [7, 11) is 0. The van der Waals surface area contributed by atoms with Gasteiger partial charge >= 0.3 is 0 Å². The van der Waals surface area contributed by atoms with Crippen LogP contribution in [0.25, 0.3) is 0 Å². The molecule has 2 saturated carbocycles. The fourth-order valence-electron chi connectivity index (χ4n) is 4.42. The molecule has 0 aliphatic heterocycles. The molecule has 3 rings (SSSR count). The molecule has 0 amide bonds. The van der Waals surface area contributed by atoms with Crippen LogP contribution < -0.4 is 0 Å². The highest BCUT2D eigenvalue weighted by atomic mass is 14.3. The average Bonchev–Trinajstić information content (AvgIpc) is 2.56. The molecule has 2 fully saturated rings. The Hall–Kier alpha value is -0.780. The summed E-state index contributed by atoms with van der Waals surface area (Å²) in [5.41, 5.74) is 4.99. The van der Waals surface area contributed by atoms with Gasteiger partial charge in [0.2, 0.25) is 0 Å². The van der Waals surface area contributed by atoms with Crippen molar-refractivity contribution in [2.45, 2.75) is 89.4 Å². The fourth-order valence-corrected chi connectivity index (χ4v) is 4.42. The van der Waals surface area contributed by atoms with Crippen LogP contribution in [-0.2, 0) is 6.42 Å². The Kier molecular flexibility index (Phi) is 4.81. The Morgan fingerprint density at radius 1 is 0.800 bits per heavy atom. The second-order valence-electron chi connectivity index (χ2n) is 6.98. The van der Waals surface area contributed by atoms with Crippen LogP contribution in [0.3, 0.4) is 0 Å². The summed E-state index contributed by atoms with van der Waals surface area (Å²) in [6.07, 6.45) is 15.6. The van der Waals surface area contributed by atoms with E-state index < -0.39 is 0 Å². The zero-order chi connectivity index (χ0) is 13.8. The third-order valence-electron chi connectivity index (χ3n) is 5.67. The van der Waals surface area contributed by atoms with Gasteiger partial charge in [0.15, 0.2) is 0 Å². The molecule has 0 atom stereocenters. The van der Waals surface area contributed by atoms with Crippen molar-refractivity contribution in [1.29, 1.82) is 0 Å². The van der Waals surface area contributed by atoms with Gasteiger partial charge in [-0.1, -0.05) is 63.6 Å². The van der Waals surface area contributed by atoms with Crippen molar-refractivity contribution >= 4 is 0 Å². The molecular formula is C20H30. The van der Waals surface area contributed by atoms with Gasteiger partial charge in [-0.15, -0.1) is 0 Å². The molecule has 0 N–H and O–H groups in total. The lowest BCUT2D eigenvalue weighted by atomic mass is 9.78. The number of hydrogen-bond donors (Lipinski definition) is 0. The molecule has 0 heteroatoms. The molecule has 0 nitrogen and oxygen atoms in total. The minimum Gasteiger partial charge on any atom is -0.0613 e.